The van der Waals surface area contributed by atoms with Crippen LogP contribution in [0.3, 0.4) is 0 Å². The molecule has 0 atom stereocenters. The topological polar surface area (TPSA) is 142 Å². The van der Waals surface area contributed by atoms with E-state index in [1.165, 1.54) is 16.4 Å². The molecule has 34 heavy (non-hydrogen) atoms. The van der Waals surface area contributed by atoms with Crippen molar-refractivity contribution in [3.05, 3.63) is 65.5 Å². The van der Waals surface area contributed by atoms with E-state index in [9.17, 15) is 27.2 Å². The standard InChI is InChI=1S/C22H26FN5O5S/c23-18-6-8-19(9-7-18)34(32,33)28-11-1-10-27(12-13-28)22(31)26-14-16-2-4-17(5-3-16)21(30)25-15-20(24)29/h2-9H,1,10-15H2,(H2,24,29)(H,25,30)(H,26,31). The van der Waals surface area contributed by atoms with Gasteiger partial charge in [0.05, 0.1) is 11.4 Å². The maximum atomic E-state index is 13.1. The van der Waals surface area contributed by atoms with Gasteiger partial charge in [0.15, 0.2) is 0 Å². The lowest BCUT2D eigenvalue weighted by Gasteiger charge is -2.22. The molecular formula is C22H26FN5O5S. The van der Waals surface area contributed by atoms with Crippen LogP contribution < -0.4 is 16.4 Å². The molecule has 12 heteroatoms. The molecule has 10 nitrogen and oxygen atoms in total. The Balaban J connectivity index is 1.52. The van der Waals surface area contributed by atoms with Gasteiger partial charge in [0.2, 0.25) is 15.9 Å². The summed E-state index contributed by atoms with van der Waals surface area (Å²) in [4.78, 5) is 36.8. The van der Waals surface area contributed by atoms with Gasteiger partial charge in [-0.05, 0) is 48.4 Å². The van der Waals surface area contributed by atoms with Gasteiger partial charge in [-0.25, -0.2) is 17.6 Å². The van der Waals surface area contributed by atoms with Crippen molar-refractivity contribution < 1.29 is 27.2 Å². The van der Waals surface area contributed by atoms with Crippen LogP contribution in [0.5, 0.6) is 0 Å². The van der Waals surface area contributed by atoms with Crippen molar-refractivity contribution in [3.8, 4) is 0 Å². The highest BCUT2D eigenvalue weighted by molar-refractivity contribution is 7.89. The zero-order valence-electron chi connectivity index (χ0n) is 18.4. The number of nitrogens with two attached hydrogens (primary N) is 1. The Morgan fingerprint density at radius 2 is 1.59 bits per heavy atom. The number of carbonyl (C=O) groups excluding carboxylic acids is 3. The van der Waals surface area contributed by atoms with Crippen LogP contribution in [0.4, 0.5) is 9.18 Å². The fourth-order valence-electron chi connectivity index (χ4n) is 3.43. The Labute approximate surface area is 197 Å². The molecule has 0 unspecified atom stereocenters. The van der Waals surface area contributed by atoms with Gasteiger partial charge in [0, 0.05) is 38.3 Å². The van der Waals surface area contributed by atoms with Gasteiger partial charge in [-0.2, -0.15) is 4.31 Å². The van der Waals surface area contributed by atoms with E-state index in [1.807, 2.05) is 0 Å². The average Bonchev–Trinajstić information content (AvgIpc) is 3.08. The van der Waals surface area contributed by atoms with Crippen LogP contribution >= 0.6 is 0 Å². The van der Waals surface area contributed by atoms with Crippen molar-refractivity contribution in [2.45, 2.75) is 17.9 Å². The van der Waals surface area contributed by atoms with Gasteiger partial charge in [-0.15, -0.1) is 0 Å². The monoisotopic (exact) mass is 491 g/mol. The number of sulfonamides is 1. The van der Waals surface area contributed by atoms with Crippen molar-refractivity contribution in [2.24, 2.45) is 5.73 Å². The number of nitrogens with zero attached hydrogens (tertiary/aromatic N) is 2. The van der Waals surface area contributed by atoms with E-state index < -0.39 is 27.7 Å². The molecule has 0 aromatic heterocycles. The predicted octanol–water partition coefficient (Wildman–Crippen LogP) is 0.647. The third-order valence-corrected chi connectivity index (χ3v) is 7.19. The van der Waals surface area contributed by atoms with E-state index in [2.05, 4.69) is 10.6 Å². The average molecular weight is 492 g/mol. The van der Waals surface area contributed by atoms with Crippen molar-refractivity contribution in [2.75, 3.05) is 32.7 Å². The van der Waals surface area contributed by atoms with Crippen molar-refractivity contribution in [3.63, 3.8) is 0 Å². The Hall–Kier alpha value is -3.51. The summed E-state index contributed by atoms with van der Waals surface area (Å²) < 4.78 is 40.1. The minimum atomic E-state index is -3.78. The number of hydrogen-bond donors (Lipinski definition) is 3. The van der Waals surface area contributed by atoms with Crippen LogP contribution in [0.25, 0.3) is 0 Å². The maximum Gasteiger partial charge on any atom is 0.317 e. The van der Waals surface area contributed by atoms with E-state index in [4.69, 9.17) is 5.73 Å². The number of nitrogens with one attached hydrogen (secondary N) is 2. The highest BCUT2D eigenvalue weighted by Gasteiger charge is 2.28. The number of amides is 4. The third kappa shape index (κ3) is 6.51. The Morgan fingerprint density at radius 3 is 2.24 bits per heavy atom. The van der Waals surface area contributed by atoms with Crippen LogP contribution in [-0.4, -0.2) is 68.2 Å². The van der Waals surface area contributed by atoms with Crippen molar-refractivity contribution in [1.82, 2.24) is 19.8 Å². The molecule has 182 valence electrons. The molecule has 0 spiro atoms. The van der Waals surface area contributed by atoms with E-state index in [1.54, 1.807) is 29.2 Å². The fourth-order valence-corrected chi connectivity index (χ4v) is 4.90. The van der Waals surface area contributed by atoms with Crippen LogP contribution in [0.15, 0.2) is 53.4 Å². The Kier molecular flexibility index (Phi) is 8.18. The summed E-state index contributed by atoms with van der Waals surface area (Å²) in [6.45, 7) is 0.946. The Morgan fingerprint density at radius 1 is 0.912 bits per heavy atom. The maximum absolute atomic E-state index is 13.1. The zero-order valence-corrected chi connectivity index (χ0v) is 19.2. The first kappa shape index (κ1) is 25.1. The largest absolute Gasteiger partial charge is 0.368 e. The number of hydrogen-bond acceptors (Lipinski definition) is 5. The first-order valence-corrected chi connectivity index (χ1v) is 12.0. The molecule has 0 bridgehead atoms. The first-order chi connectivity index (χ1) is 16.2. The molecule has 2 aromatic rings. The molecule has 1 fully saturated rings. The highest BCUT2D eigenvalue weighted by atomic mass is 32.2. The fraction of sp³-hybridized carbons (Fsp3) is 0.318. The predicted molar refractivity (Wildman–Crippen MR) is 122 cm³/mol. The van der Waals surface area contributed by atoms with Crippen LogP contribution in [0.1, 0.15) is 22.3 Å². The van der Waals surface area contributed by atoms with Crippen molar-refractivity contribution >= 4 is 27.9 Å². The first-order valence-electron chi connectivity index (χ1n) is 10.6. The highest BCUT2D eigenvalue weighted by Crippen LogP contribution is 2.18. The quantitative estimate of drug-likeness (QED) is 0.521. The van der Waals surface area contributed by atoms with Crippen LogP contribution in [-0.2, 0) is 21.4 Å². The number of urea groups is 1. The molecular weight excluding hydrogens is 465 g/mol. The number of benzene rings is 2. The summed E-state index contributed by atoms with van der Waals surface area (Å²) >= 11 is 0. The van der Waals surface area contributed by atoms with E-state index in [-0.39, 0.29) is 43.7 Å². The molecule has 1 aliphatic rings. The summed E-state index contributed by atoms with van der Waals surface area (Å²) in [5.41, 5.74) is 6.11. The molecule has 3 rings (SSSR count). The summed E-state index contributed by atoms with van der Waals surface area (Å²) in [5.74, 6) is -1.59. The van der Waals surface area contributed by atoms with Crippen molar-refractivity contribution in [1.29, 1.82) is 0 Å². The minimum absolute atomic E-state index is 0.0126. The molecule has 4 amide bonds. The molecule has 1 saturated heterocycles. The number of primary amides is 1. The summed E-state index contributed by atoms with van der Waals surface area (Å²) in [6.07, 6.45) is 0.461. The molecule has 4 N–H and O–H groups in total. The van der Waals surface area contributed by atoms with Gasteiger partial charge in [0.25, 0.3) is 5.91 Å². The van der Waals surface area contributed by atoms with E-state index in [0.717, 1.165) is 17.7 Å². The lowest BCUT2D eigenvalue weighted by molar-refractivity contribution is -0.117. The SMILES string of the molecule is NC(=O)CNC(=O)c1ccc(CNC(=O)N2CCCN(S(=O)(=O)c3ccc(F)cc3)CC2)cc1. The van der Waals surface area contributed by atoms with E-state index in [0.29, 0.717) is 18.5 Å². The second-order valence-corrected chi connectivity index (χ2v) is 9.64. The smallest absolute Gasteiger partial charge is 0.317 e. The van der Waals surface area contributed by atoms with Gasteiger partial charge in [0.1, 0.15) is 5.82 Å². The zero-order chi connectivity index (χ0) is 24.7. The molecule has 2 aromatic carbocycles. The lowest BCUT2D eigenvalue weighted by atomic mass is 10.1. The third-order valence-electron chi connectivity index (χ3n) is 5.28. The van der Waals surface area contributed by atoms with E-state index >= 15 is 0 Å². The lowest BCUT2D eigenvalue weighted by Crippen LogP contribution is -2.42. The number of carbonyl (C=O) groups is 3. The van der Waals surface area contributed by atoms with Gasteiger partial charge in [-0.3, -0.25) is 9.59 Å². The molecule has 1 aliphatic heterocycles. The second kappa shape index (κ2) is 11.1. The van der Waals surface area contributed by atoms with Crippen LogP contribution in [0, 0.1) is 5.82 Å². The number of halogens is 1. The van der Waals surface area contributed by atoms with Gasteiger partial charge >= 0.3 is 6.03 Å². The van der Waals surface area contributed by atoms with Gasteiger partial charge in [-0.1, -0.05) is 12.1 Å². The molecule has 0 radical (unpaired) electrons. The molecule has 0 aliphatic carbocycles. The second-order valence-electron chi connectivity index (χ2n) is 7.70. The summed E-state index contributed by atoms with van der Waals surface area (Å²) in [6, 6.07) is 10.8. The molecule has 1 heterocycles. The minimum Gasteiger partial charge on any atom is -0.368 e. The Bertz CT molecular complexity index is 1140. The molecule has 0 saturated carbocycles. The number of rotatable bonds is 7. The normalized spacial score (nSPS) is 14.8. The summed E-state index contributed by atoms with van der Waals surface area (Å²) in [7, 11) is -3.78. The van der Waals surface area contributed by atoms with Crippen LogP contribution in [0.2, 0.25) is 0 Å². The summed E-state index contributed by atoms with van der Waals surface area (Å²) in [5, 5.41) is 5.18. The van der Waals surface area contributed by atoms with Gasteiger partial charge < -0.3 is 21.3 Å².